The molecule has 0 bridgehead atoms. The molecule has 1 fully saturated rings. The number of carbonyl (C=O) groups excluding carboxylic acids is 1. The normalized spacial score (nSPS) is 27.8. The highest BCUT2D eigenvalue weighted by molar-refractivity contribution is 9.10. The summed E-state index contributed by atoms with van der Waals surface area (Å²) in [4.78, 5) is 21.0. The van der Waals surface area contributed by atoms with Crippen LogP contribution in [0.1, 0.15) is 30.2 Å². The second kappa shape index (κ2) is 7.46. The summed E-state index contributed by atoms with van der Waals surface area (Å²) in [5.74, 6) is -1.38. The Balaban J connectivity index is 1.73. The summed E-state index contributed by atoms with van der Waals surface area (Å²) in [7, 11) is 1.57. The van der Waals surface area contributed by atoms with E-state index >= 15 is 0 Å². The molecule has 4 rings (SSSR count). The highest BCUT2D eigenvalue weighted by Crippen LogP contribution is 2.66. The fraction of sp³-hybridized carbons (Fsp3) is 0.286. The van der Waals surface area contributed by atoms with Gasteiger partial charge < -0.3 is 11.1 Å². The van der Waals surface area contributed by atoms with Crippen molar-refractivity contribution < 1.29 is 13.6 Å². The molecular weight excluding hydrogens is 474 g/mol. The molecular formula is C21H19BrF2N4OS. The summed E-state index contributed by atoms with van der Waals surface area (Å²) in [6.07, 6.45) is 3.34. The highest BCUT2D eigenvalue weighted by atomic mass is 79.9. The number of hydrogen-bond acceptors (Lipinski definition) is 5. The number of nitrogens with two attached hydrogens (primary N) is 1. The maximum absolute atomic E-state index is 14.9. The molecule has 3 atom stereocenters. The van der Waals surface area contributed by atoms with Crippen LogP contribution in [0.25, 0.3) is 11.9 Å². The van der Waals surface area contributed by atoms with Crippen LogP contribution in [0.5, 0.6) is 0 Å². The first-order valence-electron chi connectivity index (χ1n) is 9.25. The number of carbonyl (C=O) groups is 1. The van der Waals surface area contributed by atoms with Crippen LogP contribution >= 0.6 is 27.7 Å². The van der Waals surface area contributed by atoms with Gasteiger partial charge in [0.1, 0.15) is 16.4 Å². The van der Waals surface area contributed by atoms with Gasteiger partial charge in [-0.2, -0.15) is 0 Å². The summed E-state index contributed by atoms with van der Waals surface area (Å²) in [6.45, 7) is 1.77. The SMILES string of the molecule is CNC(=O)[C@]12C[C@H]1[C@@](C)(c1cc(/C=C(/F)c3ccc(Br)cn3)ccc1F)N=C(N)S2. The van der Waals surface area contributed by atoms with Crippen molar-refractivity contribution in [3.63, 3.8) is 0 Å². The van der Waals surface area contributed by atoms with Gasteiger partial charge in [-0.25, -0.2) is 8.78 Å². The number of aromatic nitrogens is 1. The lowest BCUT2D eigenvalue weighted by Crippen LogP contribution is -2.43. The summed E-state index contributed by atoms with van der Waals surface area (Å²) < 4.78 is 29.5. The number of amides is 1. The minimum absolute atomic E-state index is 0.148. The summed E-state index contributed by atoms with van der Waals surface area (Å²) in [5, 5.41) is 2.90. The minimum atomic E-state index is -1.03. The topological polar surface area (TPSA) is 80.4 Å². The van der Waals surface area contributed by atoms with Crippen LogP contribution in [-0.2, 0) is 10.3 Å². The van der Waals surface area contributed by atoms with E-state index in [1.807, 2.05) is 0 Å². The van der Waals surface area contributed by atoms with E-state index in [1.165, 1.54) is 36.2 Å². The van der Waals surface area contributed by atoms with Gasteiger partial charge >= 0.3 is 0 Å². The van der Waals surface area contributed by atoms with Crippen LogP contribution in [0.4, 0.5) is 8.78 Å². The maximum atomic E-state index is 14.9. The van der Waals surface area contributed by atoms with E-state index in [0.29, 0.717) is 12.0 Å². The van der Waals surface area contributed by atoms with Crippen molar-refractivity contribution in [2.45, 2.75) is 23.6 Å². The number of fused-ring (bicyclic) bond motifs is 1. The molecule has 3 N–H and O–H groups in total. The molecule has 9 heteroatoms. The predicted molar refractivity (Wildman–Crippen MR) is 119 cm³/mol. The first-order valence-corrected chi connectivity index (χ1v) is 10.9. The summed E-state index contributed by atoms with van der Waals surface area (Å²) >= 11 is 4.48. The second-order valence-corrected chi connectivity index (χ2v) is 9.78. The van der Waals surface area contributed by atoms with Crippen molar-refractivity contribution in [2.24, 2.45) is 16.6 Å². The van der Waals surface area contributed by atoms with Gasteiger partial charge in [-0.3, -0.25) is 14.8 Å². The fourth-order valence-electron chi connectivity index (χ4n) is 4.04. The molecule has 2 heterocycles. The molecule has 2 aliphatic rings. The molecule has 0 radical (unpaired) electrons. The van der Waals surface area contributed by atoms with Gasteiger partial charge in [0.15, 0.2) is 5.17 Å². The lowest BCUT2D eigenvalue weighted by Gasteiger charge is -2.33. The zero-order chi connectivity index (χ0) is 21.7. The summed E-state index contributed by atoms with van der Waals surface area (Å²) in [5.41, 5.74) is 5.92. The first kappa shape index (κ1) is 21.0. The Hall–Kier alpha value is -2.26. The zero-order valence-electron chi connectivity index (χ0n) is 16.2. The van der Waals surface area contributed by atoms with Gasteiger partial charge in [0.05, 0.1) is 11.2 Å². The van der Waals surface area contributed by atoms with E-state index < -0.39 is 21.9 Å². The second-order valence-electron chi connectivity index (χ2n) is 7.52. The van der Waals surface area contributed by atoms with Gasteiger partial charge in [-0.1, -0.05) is 17.8 Å². The number of thioether (sulfide) groups is 1. The van der Waals surface area contributed by atoms with Crippen LogP contribution in [0.3, 0.4) is 0 Å². The number of halogens is 3. The number of nitrogens with one attached hydrogen (secondary N) is 1. The Morgan fingerprint density at radius 3 is 2.83 bits per heavy atom. The Bertz CT molecular complexity index is 1090. The number of pyridine rings is 1. The van der Waals surface area contributed by atoms with Crippen LogP contribution in [0.2, 0.25) is 0 Å². The van der Waals surface area contributed by atoms with Gasteiger partial charge in [-0.05, 0) is 65.2 Å². The van der Waals surface area contributed by atoms with Gasteiger partial charge in [0.2, 0.25) is 5.91 Å². The third kappa shape index (κ3) is 3.43. The number of benzene rings is 1. The number of amidine groups is 1. The average Bonchev–Trinajstić information content (AvgIpc) is 3.45. The standard InChI is InChI=1S/C21H19BrF2N4OS/c1-20(17-9-21(17,18(29)26-2)30-19(25)28-20)13-7-11(3-5-14(13)23)8-15(24)16-6-4-12(22)10-27-16/h3-8,10,17H,9H2,1-2H3,(H2,25,28)(H,26,29)/b15-8+/t17-,20+,21-/m0/s1. The fourth-order valence-corrected chi connectivity index (χ4v) is 5.70. The average molecular weight is 493 g/mol. The molecule has 1 amide bonds. The predicted octanol–water partition coefficient (Wildman–Crippen LogP) is 4.23. The molecule has 1 aromatic heterocycles. The number of aliphatic imine (C=N–C) groups is 1. The van der Waals surface area contributed by atoms with Gasteiger partial charge in [0.25, 0.3) is 0 Å². The maximum Gasteiger partial charge on any atom is 0.236 e. The quantitative estimate of drug-likeness (QED) is 0.668. The van der Waals surface area contributed by atoms with Crippen molar-refractivity contribution in [1.29, 1.82) is 0 Å². The molecule has 30 heavy (non-hydrogen) atoms. The highest BCUT2D eigenvalue weighted by Gasteiger charge is 2.70. The largest absolute Gasteiger partial charge is 0.378 e. The van der Waals surface area contributed by atoms with Crippen molar-refractivity contribution in [1.82, 2.24) is 10.3 Å². The first-order chi connectivity index (χ1) is 14.2. The van der Waals surface area contributed by atoms with E-state index in [1.54, 1.807) is 32.2 Å². The van der Waals surface area contributed by atoms with Crippen LogP contribution in [-0.4, -0.2) is 27.9 Å². The molecule has 1 aromatic carbocycles. The van der Waals surface area contributed by atoms with Gasteiger partial charge in [-0.15, -0.1) is 0 Å². The lowest BCUT2D eigenvalue weighted by molar-refractivity contribution is -0.121. The zero-order valence-corrected chi connectivity index (χ0v) is 18.7. The van der Waals surface area contributed by atoms with E-state index in [2.05, 4.69) is 31.2 Å². The molecule has 1 aliphatic heterocycles. The molecule has 1 saturated carbocycles. The monoisotopic (exact) mass is 492 g/mol. The summed E-state index contributed by atoms with van der Waals surface area (Å²) in [6, 6.07) is 7.58. The Morgan fingerprint density at radius 1 is 1.40 bits per heavy atom. The van der Waals surface area contributed by atoms with E-state index in [4.69, 9.17) is 5.73 Å². The van der Waals surface area contributed by atoms with E-state index in [0.717, 1.165) is 4.47 Å². The van der Waals surface area contributed by atoms with E-state index in [9.17, 15) is 13.6 Å². The Labute approximate surface area is 185 Å². The van der Waals surface area contributed by atoms with Crippen molar-refractivity contribution in [3.8, 4) is 0 Å². The van der Waals surface area contributed by atoms with Crippen molar-refractivity contribution in [2.75, 3.05) is 7.05 Å². The smallest absolute Gasteiger partial charge is 0.236 e. The minimum Gasteiger partial charge on any atom is -0.378 e. The van der Waals surface area contributed by atoms with Gasteiger partial charge in [0, 0.05) is 29.2 Å². The Morgan fingerprint density at radius 2 is 2.17 bits per heavy atom. The third-order valence-electron chi connectivity index (χ3n) is 5.63. The molecule has 0 saturated heterocycles. The molecule has 2 aromatic rings. The molecule has 1 aliphatic carbocycles. The molecule has 5 nitrogen and oxygen atoms in total. The molecule has 0 spiro atoms. The number of rotatable bonds is 4. The number of hydrogen-bond donors (Lipinski definition) is 2. The van der Waals surface area contributed by atoms with Crippen molar-refractivity contribution >= 4 is 50.7 Å². The molecule has 0 unspecified atom stereocenters. The molecule has 156 valence electrons. The van der Waals surface area contributed by atoms with Crippen LogP contribution in [0.15, 0.2) is 46.0 Å². The third-order valence-corrected chi connectivity index (χ3v) is 7.40. The van der Waals surface area contributed by atoms with E-state index in [-0.39, 0.29) is 28.3 Å². The van der Waals surface area contributed by atoms with Crippen molar-refractivity contribution in [3.05, 3.63) is 63.6 Å². The van der Waals surface area contributed by atoms with Crippen LogP contribution < -0.4 is 11.1 Å². The van der Waals surface area contributed by atoms with Crippen LogP contribution in [0, 0.1) is 11.7 Å². The lowest BCUT2D eigenvalue weighted by atomic mass is 9.84. The number of nitrogens with zero attached hydrogens (tertiary/aromatic N) is 2. The Kier molecular flexibility index (Phi) is 5.22.